The Hall–Kier alpha value is -1.94. The summed E-state index contributed by atoms with van der Waals surface area (Å²) in [6.07, 6.45) is 1.98. The van der Waals surface area contributed by atoms with Gasteiger partial charge in [-0.2, -0.15) is 4.31 Å². The van der Waals surface area contributed by atoms with Gasteiger partial charge < -0.3 is 4.74 Å². The first kappa shape index (κ1) is 27.6. The lowest BCUT2D eigenvalue weighted by atomic mass is 9.96. The smallest absolute Gasteiger partial charge is 0.252 e. The van der Waals surface area contributed by atoms with Crippen molar-refractivity contribution in [3.63, 3.8) is 0 Å². The summed E-state index contributed by atoms with van der Waals surface area (Å²) in [6.45, 7) is 4.42. The summed E-state index contributed by atoms with van der Waals surface area (Å²) in [6, 6.07) is 8.34. The Morgan fingerprint density at radius 1 is 1.08 bits per heavy atom. The van der Waals surface area contributed by atoms with E-state index in [0.29, 0.717) is 58.7 Å². The first-order valence-corrected chi connectivity index (χ1v) is 17.4. The van der Waals surface area contributed by atoms with Crippen LogP contribution < -0.4 is 4.90 Å². The van der Waals surface area contributed by atoms with E-state index in [-0.39, 0.29) is 29.8 Å². The van der Waals surface area contributed by atoms with E-state index in [4.69, 9.17) is 4.74 Å². The largest absolute Gasteiger partial charge is 0.379 e. The molecule has 2 saturated heterocycles. The molecule has 0 atom stereocenters. The average molecular weight is 599 g/mol. The maximum Gasteiger partial charge on any atom is 0.252 e. The quantitative estimate of drug-likeness (QED) is 0.388. The topological polar surface area (TPSA) is 117 Å². The number of sulfone groups is 1. The molecule has 14 heteroatoms. The fourth-order valence-corrected chi connectivity index (χ4v) is 9.33. The second-order valence-electron chi connectivity index (χ2n) is 9.43. The summed E-state index contributed by atoms with van der Waals surface area (Å²) in [7, 11) is -7.05. The van der Waals surface area contributed by atoms with Crippen molar-refractivity contribution in [1.82, 2.24) is 14.2 Å². The van der Waals surface area contributed by atoms with Gasteiger partial charge in [-0.05, 0) is 36.4 Å². The number of hydrogen-bond acceptors (Lipinski definition) is 10. The van der Waals surface area contributed by atoms with Gasteiger partial charge in [-0.25, -0.2) is 21.8 Å². The van der Waals surface area contributed by atoms with Crippen molar-refractivity contribution in [3.8, 4) is 0 Å². The summed E-state index contributed by atoms with van der Waals surface area (Å²) in [5, 5.41) is 2.20. The number of carbonyl (C=O) groups excluding carboxylic acids is 1. The third-order valence-corrected chi connectivity index (χ3v) is 12.3. The highest BCUT2D eigenvalue weighted by Crippen LogP contribution is 2.35. The van der Waals surface area contributed by atoms with Crippen LogP contribution in [0, 0.1) is 5.92 Å². The Labute approximate surface area is 230 Å². The molecule has 0 N–H and O–H groups in total. The fraction of sp³-hybridized carbons (Fsp3) is 0.500. The monoisotopic (exact) mass is 598 g/mol. The number of morpholine rings is 1. The molecule has 0 radical (unpaired) electrons. The second-order valence-corrected chi connectivity index (χ2v) is 15.5. The van der Waals surface area contributed by atoms with E-state index in [1.807, 2.05) is 6.07 Å². The number of rotatable bonds is 8. The van der Waals surface area contributed by atoms with Crippen LogP contribution in [-0.4, -0.2) is 95.7 Å². The van der Waals surface area contributed by atoms with Gasteiger partial charge in [0.05, 0.1) is 22.8 Å². The molecular formula is C24H30N4O6S4. The van der Waals surface area contributed by atoms with Crippen molar-refractivity contribution >= 4 is 63.8 Å². The lowest BCUT2D eigenvalue weighted by Crippen LogP contribution is -2.47. The zero-order valence-electron chi connectivity index (χ0n) is 21.0. The molecule has 10 nitrogen and oxygen atoms in total. The zero-order chi connectivity index (χ0) is 26.9. The molecule has 2 aliphatic heterocycles. The molecule has 5 rings (SSSR count). The number of sulfonamides is 1. The molecule has 206 valence electrons. The number of hydrogen-bond donors (Lipinski definition) is 0. The molecule has 2 aromatic heterocycles. The molecule has 0 spiro atoms. The van der Waals surface area contributed by atoms with Crippen molar-refractivity contribution in [2.75, 3.05) is 63.6 Å². The Morgan fingerprint density at radius 2 is 1.82 bits per heavy atom. The minimum Gasteiger partial charge on any atom is -0.379 e. The van der Waals surface area contributed by atoms with Crippen molar-refractivity contribution in [2.45, 2.75) is 21.9 Å². The molecule has 4 heterocycles. The van der Waals surface area contributed by atoms with Crippen LogP contribution in [0.25, 0.3) is 10.2 Å². The van der Waals surface area contributed by atoms with Gasteiger partial charge in [0.15, 0.2) is 15.0 Å². The number of amides is 1. The maximum atomic E-state index is 13.9. The number of para-hydroxylation sites is 1. The molecule has 1 amide bonds. The highest BCUT2D eigenvalue weighted by molar-refractivity contribution is 7.91. The average Bonchev–Trinajstić information content (AvgIpc) is 3.59. The normalized spacial score (nSPS) is 18.7. The predicted octanol–water partition coefficient (Wildman–Crippen LogP) is 2.53. The van der Waals surface area contributed by atoms with Crippen LogP contribution in [-0.2, 0) is 29.4 Å². The third-order valence-electron chi connectivity index (χ3n) is 6.90. The van der Waals surface area contributed by atoms with E-state index in [1.54, 1.807) is 28.5 Å². The van der Waals surface area contributed by atoms with Crippen molar-refractivity contribution in [3.05, 3.63) is 35.7 Å². The van der Waals surface area contributed by atoms with E-state index >= 15 is 0 Å². The number of fused-ring (bicyclic) bond motifs is 1. The molecule has 38 heavy (non-hydrogen) atoms. The lowest BCUT2D eigenvalue weighted by Gasteiger charge is -2.34. The molecule has 0 saturated carbocycles. The number of anilines is 1. The molecule has 2 fully saturated rings. The molecule has 0 aliphatic carbocycles. The standard InChI is InChI=1S/C24H30N4O6S4/c1-37(30,31)20-5-2-4-19-22(20)25-24(36-19)28(12-11-26-13-15-34-16-14-26)23(29)18-7-9-27(10-8-18)38(32,33)21-6-3-17-35-21/h2-6,17-18H,7-16H2,1H3. The van der Waals surface area contributed by atoms with E-state index in [2.05, 4.69) is 9.88 Å². The van der Waals surface area contributed by atoms with Gasteiger partial charge in [0.1, 0.15) is 9.73 Å². The lowest BCUT2D eigenvalue weighted by molar-refractivity contribution is -0.123. The molecule has 0 unspecified atom stereocenters. The highest BCUT2D eigenvalue weighted by atomic mass is 32.2. The molecule has 0 bridgehead atoms. The van der Waals surface area contributed by atoms with Crippen molar-refractivity contribution < 1.29 is 26.4 Å². The predicted molar refractivity (Wildman–Crippen MR) is 148 cm³/mol. The number of aromatic nitrogens is 1. The van der Waals surface area contributed by atoms with Crippen molar-refractivity contribution in [1.29, 1.82) is 0 Å². The molecule has 3 aromatic rings. The van der Waals surface area contributed by atoms with Crippen LogP contribution in [0.3, 0.4) is 0 Å². The Morgan fingerprint density at radius 3 is 2.47 bits per heavy atom. The van der Waals surface area contributed by atoms with Gasteiger partial charge in [0.2, 0.25) is 5.91 Å². The summed E-state index contributed by atoms with van der Waals surface area (Å²) in [4.78, 5) is 22.6. The highest BCUT2D eigenvalue weighted by Gasteiger charge is 2.35. The molecule has 1 aromatic carbocycles. The van der Waals surface area contributed by atoms with Gasteiger partial charge in [0, 0.05) is 51.4 Å². The maximum absolute atomic E-state index is 13.9. The Bertz CT molecular complexity index is 1490. The van der Waals surface area contributed by atoms with Gasteiger partial charge in [-0.3, -0.25) is 14.6 Å². The van der Waals surface area contributed by atoms with Crippen LogP contribution in [0.15, 0.2) is 44.8 Å². The first-order valence-electron chi connectivity index (χ1n) is 12.4. The van der Waals surface area contributed by atoms with Gasteiger partial charge in [-0.1, -0.05) is 23.5 Å². The number of thiophene rings is 1. The van der Waals surface area contributed by atoms with E-state index in [0.717, 1.165) is 19.3 Å². The van der Waals surface area contributed by atoms with E-state index in [1.165, 1.54) is 33.0 Å². The van der Waals surface area contributed by atoms with E-state index < -0.39 is 19.9 Å². The van der Waals surface area contributed by atoms with Crippen LogP contribution >= 0.6 is 22.7 Å². The number of piperidine rings is 1. The second kappa shape index (κ2) is 11.3. The minimum absolute atomic E-state index is 0.105. The van der Waals surface area contributed by atoms with Crippen LogP contribution in [0.5, 0.6) is 0 Å². The van der Waals surface area contributed by atoms with Crippen molar-refractivity contribution in [2.24, 2.45) is 5.92 Å². The number of thiazole rings is 1. The summed E-state index contributed by atoms with van der Waals surface area (Å²) in [5.74, 6) is -0.456. The fourth-order valence-electron chi connectivity index (χ4n) is 4.79. The number of ether oxygens (including phenoxy) is 1. The molecular weight excluding hydrogens is 569 g/mol. The van der Waals surface area contributed by atoms with Crippen LogP contribution in [0.1, 0.15) is 12.8 Å². The number of benzene rings is 1. The van der Waals surface area contributed by atoms with E-state index in [9.17, 15) is 21.6 Å². The summed E-state index contributed by atoms with van der Waals surface area (Å²) < 4.78 is 58.5. The van der Waals surface area contributed by atoms with Crippen LogP contribution in [0.2, 0.25) is 0 Å². The third kappa shape index (κ3) is 5.81. The minimum atomic E-state index is -3.56. The summed E-state index contributed by atoms with van der Waals surface area (Å²) in [5.41, 5.74) is 0.371. The van der Waals surface area contributed by atoms with Crippen LogP contribution in [0.4, 0.5) is 5.13 Å². The number of nitrogens with zero attached hydrogens (tertiary/aromatic N) is 4. The molecule has 2 aliphatic rings. The first-order chi connectivity index (χ1) is 18.1. The van der Waals surface area contributed by atoms with Gasteiger partial charge in [-0.15, -0.1) is 11.3 Å². The number of carbonyl (C=O) groups is 1. The summed E-state index contributed by atoms with van der Waals surface area (Å²) >= 11 is 2.49. The Kier molecular flexibility index (Phi) is 8.20. The SMILES string of the molecule is CS(=O)(=O)c1cccc2sc(N(CCN3CCOCC3)C(=O)C3CCN(S(=O)(=O)c4cccs4)CC3)nc12. The van der Waals surface area contributed by atoms with Gasteiger partial charge in [0.25, 0.3) is 10.0 Å². The Balaban J connectivity index is 1.38. The van der Waals surface area contributed by atoms with Gasteiger partial charge >= 0.3 is 0 Å². The zero-order valence-corrected chi connectivity index (χ0v) is 24.2.